The largest absolute Gasteiger partial charge is 0.427 e. The Balaban J connectivity index is 1.69. The van der Waals surface area contributed by atoms with Crippen molar-refractivity contribution in [2.45, 2.75) is 68.8 Å². The first-order valence-corrected chi connectivity index (χ1v) is 13.1. The number of anilines is 1. The SMILES string of the molecule is CC(=O)Oc1ccc(N2C(=O)CC(N(C3CCCCCC3)S(=O)(=O)c3ccc(F)cc3)C2=O)cc1. The van der Waals surface area contributed by atoms with Gasteiger partial charge in [0.15, 0.2) is 0 Å². The van der Waals surface area contributed by atoms with Crippen molar-refractivity contribution in [2.24, 2.45) is 0 Å². The fourth-order valence-electron chi connectivity index (χ4n) is 4.77. The summed E-state index contributed by atoms with van der Waals surface area (Å²) in [4.78, 5) is 38.5. The average molecular weight is 503 g/mol. The summed E-state index contributed by atoms with van der Waals surface area (Å²) >= 11 is 0. The molecule has 0 N–H and O–H groups in total. The van der Waals surface area contributed by atoms with Gasteiger partial charge in [-0.1, -0.05) is 25.7 Å². The molecule has 1 aliphatic carbocycles. The van der Waals surface area contributed by atoms with Crippen molar-refractivity contribution in [1.29, 1.82) is 0 Å². The van der Waals surface area contributed by atoms with Gasteiger partial charge < -0.3 is 4.74 Å². The molecule has 4 rings (SSSR count). The lowest BCUT2D eigenvalue weighted by Gasteiger charge is -2.33. The van der Waals surface area contributed by atoms with Gasteiger partial charge in [-0.15, -0.1) is 0 Å². The van der Waals surface area contributed by atoms with E-state index in [-0.39, 0.29) is 22.8 Å². The molecule has 10 heteroatoms. The third-order valence-corrected chi connectivity index (χ3v) is 8.34. The second-order valence-corrected chi connectivity index (χ2v) is 10.7. The number of imide groups is 1. The molecule has 0 bridgehead atoms. The highest BCUT2D eigenvalue weighted by atomic mass is 32.2. The minimum absolute atomic E-state index is 0.118. The third kappa shape index (κ3) is 5.28. The molecular formula is C25H27FN2O6S. The molecule has 1 saturated heterocycles. The first-order valence-electron chi connectivity index (χ1n) is 11.6. The minimum Gasteiger partial charge on any atom is -0.427 e. The maximum Gasteiger partial charge on any atom is 0.308 e. The number of ether oxygens (including phenoxy) is 1. The van der Waals surface area contributed by atoms with Gasteiger partial charge in [0.25, 0.3) is 5.91 Å². The quantitative estimate of drug-likeness (QED) is 0.258. The number of hydrogen-bond acceptors (Lipinski definition) is 6. The first kappa shape index (κ1) is 25.0. The predicted molar refractivity (Wildman–Crippen MR) is 126 cm³/mol. The first-order chi connectivity index (χ1) is 16.7. The van der Waals surface area contributed by atoms with Crippen LogP contribution in [0.1, 0.15) is 51.9 Å². The van der Waals surface area contributed by atoms with E-state index in [2.05, 4.69) is 0 Å². The molecule has 2 fully saturated rings. The van der Waals surface area contributed by atoms with Crippen LogP contribution in [0.3, 0.4) is 0 Å². The van der Waals surface area contributed by atoms with Crippen LogP contribution in [-0.2, 0) is 24.4 Å². The molecule has 0 radical (unpaired) electrons. The Kier molecular flexibility index (Phi) is 7.32. The van der Waals surface area contributed by atoms with E-state index in [1.54, 1.807) is 0 Å². The number of esters is 1. The number of nitrogens with zero attached hydrogens (tertiary/aromatic N) is 2. The Morgan fingerprint density at radius 3 is 2.14 bits per heavy atom. The van der Waals surface area contributed by atoms with Gasteiger partial charge >= 0.3 is 5.97 Å². The number of hydrogen-bond donors (Lipinski definition) is 0. The summed E-state index contributed by atoms with van der Waals surface area (Å²) < 4.78 is 47.2. The molecule has 1 heterocycles. The van der Waals surface area contributed by atoms with Crippen LogP contribution >= 0.6 is 0 Å². The van der Waals surface area contributed by atoms with Crippen molar-refractivity contribution in [3.05, 3.63) is 54.3 Å². The van der Waals surface area contributed by atoms with E-state index in [9.17, 15) is 27.2 Å². The molecule has 8 nitrogen and oxygen atoms in total. The predicted octanol–water partition coefficient (Wildman–Crippen LogP) is 3.80. The van der Waals surface area contributed by atoms with Crippen LogP contribution in [0.25, 0.3) is 0 Å². The summed E-state index contributed by atoms with van der Waals surface area (Å²) in [7, 11) is -4.19. The van der Waals surface area contributed by atoms with Gasteiger partial charge in [0.2, 0.25) is 15.9 Å². The van der Waals surface area contributed by atoms with Crippen LogP contribution in [-0.4, -0.2) is 42.6 Å². The molecule has 1 saturated carbocycles. The molecule has 1 atom stereocenters. The summed E-state index contributed by atoms with van der Waals surface area (Å²) in [5.74, 6) is -1.97. The topological polar surface area (TPSA) is 101 Å². The van der Waals surface area contributed by atoms with Crippen molar-refractivity contribution in [3.63, 3.8) is 0 Å². The van der Waals surface area contributed by atoms with Crippen LogP contribution in [0.15, 0.2) is 53.4 Å². The Labute approximate surface area is 203 Å². The zero-order valence-corrected chi connectivity index (χ0v) is 20.2. The van der Waals surface area contributed by atoms with E-state index < -0.39 is 45.7 Å². The van der Waals surface area contributed by atoms with Gasteiger partial charge in [0.1, 0.15) is 17.6 Å². The van der Waals surface area contributed by atoms with Crippen molar-refractivity contribution < 1.29 is 31.9 Å². The second-order valence-electron chi connectivity index (χ2n) is 8.81. The number of benzene rings is 2. The van der Waals surface area contributed by atoms with Gasteiger partial charge in [0.05, 0.1) is 17.0 Å². The summed E-state index contributed by atoms with van der Waals surface area (Å²) in [6.07, 6.45) is 4.44. The third-order valence-electron chi connectivity index (χ3n) is 6.36. The van der Waals surface area contributed by atoms with Crippen molar-refractivity contribution in [2.75, 3.05) is 4.90 Å². The highest BCUT2D eigenvalue weighted by Gasteiger charge is 2.49. The fourth-order valence-corrected chi connectivity index (χ4v) is 6.60. The molecular weight excluding hydrogens is 475 g/mol. The normalized spacial score (nSPS) is 19.7. The molecule has 2 amide bonds. The number of amides is 2. The lowest BCUT2D eigenvalue weighted by molar-refractivity contribution is -0.132. The van der Waals surface area contributed by atoms with E-state index in [1.165, 1.54) is 47.6 Å². The van der Waals surface area contributed by atoms with Gasteiger partial charge in [-0.2, -0.15) is 4.31 Å². The number of carbonyl (C=O) groups is 3. The molecule has 0 aromatic heterocycles. The number of rotatable bonds is 6. The zero-order chi connectivity index (χ0) is 25.2. The van der Waals surface area contributed by atoms with Crippen LogP contribution < -0.4 is 9.64 Å². The lowest BCUT2D eigenvalue weighted by atomic mass is 10.1. The Hall–Kier alpha value is -3.11. The van der Waals surface area contributed by atoms with E-state index in [0.717, 1.165) is 42.7 Å². The van der Waals surface area contributed by atoms with Crippen LogP contribution in [0.5, 0.6) is 5.75 Å². The smallest absolute Gasteiger partial charge is 0.308 e. The molecule has 2 aliphatic rings. The van der Waals surface area contributed by atoms with E-state index in [0.29, 0.717) is 12.8 Å². The highest BCUT2D eigenvalue weighted by molar-refractivity contribution is 7.89. The molecule has 2 aromatic carbocycles. The summed E-state index contributed by atoms with van der Waals surface area (Å²) in [6, 6.07) is 8.72. The molecule has 35 heavy (non-hydrogen) atoms. The lowest BCUT2D eigenvalue weighted by Crippen LogP contribution is -2.50. The molecule has 2 aromatic rings. The molecule has 186 valence electrons. The average Bonchev–Trinajstić information content (AvgIpc) is 2.97. The van der Waals surface area contributed by atoms with Crippen molar-refractivity contribution >= 4 is 33.5 Å². The van der Waals surface area contributed by atoms with Crippen molar-refractivity contribution in [1.82, 2.24) is 4.31 Å². The van der Waals surface area contributed by atoms with Gasteiger partial charge in [0, 0.05) is 13.0 Å². The molecule has 0 spiro atoms. The Morgan fingerprint density at radius 1 is 0.971 bits per heavy atom. The van der Waals surface area contributed by atoms with E-state index in [1.807, 2.05) is 0 Å². The summed E-state index contributed by atoms with van der Waals surface area (Å²) in [5, 5.41) is 0. The van der Waals surface area contributed by atoms with Crippen molar-refractivity contribution in [3.8, 4) is 5.75 Å². The maximum atomic E-state index is 13.8. The minimum atomic E-state index is -4.19. The second kappa shape index (κ2) is 10.2. The molecule has 1 unspecified atom stereocenters. The van der Waals surface area contributed by atoms with Crippen LogP contribution in [0.2, 0.25) is 0 Å². The van der Waals surface area contributed by atoms with Crippen LogP contribution in [0.4, 0.5) is 10.1 Å². The molecule has 1 aliphatic heterocycles. The van der Waals surface area contributed by atoms with Crippen LogP contribution in [0, 0.1) is 5.82 Å². The Bertz CT molecular complexity index is 1210. The summed E-state index contributed by atoms with van der Waals surface area (Å²) in [5.41, 5.74) is 0.262. The monoisotopic (exact) mass is 502 g/mol. The fraction of sp³-hybridized carbons (Fsp3) is 0.400. The van der Waals surface area contributed by atoms with E-state index >= 15 is 0 Å². The number of carbonyl (C=O) groups excluding carboxylic acids is 3. The van der Waals surface area contributed by atoms with Gasteiger partial charge in [-0.3, -0.25) is 14.4 Å². The highest BCUT2D eigenvalue weighted by Crippen LogP contribution is 2.35. The zero-order valence-electron chi connectivity index (χ0n) is 19.4. The number of sulfonamides is 1. The van der Waals surface area contributed by atoms with Gasteiger partial charge in [-0.05, 0) is 61.4 Å². The number of halogens is 1. The summed E-state index contributed by atoms with van der Waals surface area (Å²) in [6.45, 7) is 1.26. The van der Waals surface area contributed by atoms with E-state index in [4.69, 9.17) is 4.74 Å². The Morgan fingerprint density at radius 2 is 1.57 bits per heavy atom. The standard InChI is InChI=1S/C25H27FN2O6S/c1-17(29)34-21-12-10-19(11-13-21)27-24(30)16-23(25(27)31)28(20-6-4-2-3-5-7-20)35(32,33)22-14-8-18(26)9-15-22/h8-15,20,23H,2-7,16H2,1H3. The van der Waals surface area contributed by atoms with Gasteiger partial charge in [-0.25, -0.2) is 17.7 Å². The maximum absolute atomic E-state index is 13.8.